The molecule has 4 heterocycles. The monoisotopic (exact) mass is 477 g/mol. The maximum atomic E-state index is 15.0. The van der Waals surface area contributed by atoms with E-state index in [0.717, 1.165) is 37.9 Å². The fraction of sp³-hybridized carbons (Fsp3) is 0.385. The van der Waals surface area contributed by atoms with Crippen LogP contribution in [-0.2, 0) is 18.5 Å². The topological polar surface area (TPSA) is 71.8 Å². The van der Waals surface area contributed by atoms with Crippen molar-refractivity contribution in [3.05, 3.63) is 59.2 Å². The van der Waals surface area contributed by atoms with Crippen molar-refractivity contribution in [1.29, 1.82) is 0 Å². The number of halogens is 2. The van der Waals surface area contributed by atoms with Crippen molar-refractivity contribution in [2.24, 2.45) is 0 Å². The van der Waals surface area contributed by atoms with Crippen molar-refractivity contribution in [2.75, 3.05) is 18.4 Å². The molecular formula is C26H29F2N7. The molecular weight excluding hydrogens is 448 g/mol. The average Bonchev–Trinajstić information content (AvgIpc) is 3.16. The summed E-state index contributed by atoms with van der Waals surface area (Å²) in [6, 6.07) is 6.93. The van der Waals surface area contributed by atoms with Crippen LogP contribution in [0.5, 0.6) is 0 Å². The lowest BCUT2D eigenvalue weighted by atomic mass is 10.1. The van der Waals surface area contributed by atoms with Gasteiger partial charge in [-0.05, 0) is 58.0 Å². The normalized spacial score (nSPS) is 14.4. The van der Waals surface area contributed by atoms with Crippen LogP contribution in [0.2, 0.25) is 0 Å². The molecule has 7 nitrogen and oxygen atoms in total. The highest BCUT2D eigenvalue weighted by atomic mass is 19.1. The number of likely N-dealkylation sites (N-methyl/N-ethyl adjacent to an activating group) is 1. The highest BCUT2D eigenvalue weighted by Gasteiger charge is 2.23. The van der Waals surface area contributed by atoms with Crippen molar-refractivity contribution >= 4 is 22.8 Å². The molecule has 0 spiro atoms. The van der Waals surface area contributed by atoms with E-state index in [4.69, 9.17) is 4.98 Å². The molecule has 1 aromatic carbocycles. The molecule has 3 aromatic heterocycles. The zero-order valence-electron chi connectivity index (χ0n) is 20.7. The SMILES string of the molecule is CCN1CCc2nc(Nc3ncc(F)c(-c4cc(F)c5nc(C)n(C(C)(C)C)c5c4)n3)ccc2C1. The molecule has 1 aliphatic heterocycles. The Morgan fingerprint density at radius 1 is 1.06 bits per heavy atom. The van der Waals surface area contributed by atoms with Crippen LogP contribution in [0.25, 0.3) is 22.3 Å². The Morgan fingerprint density at radius 3 is 2.60 bits per heavy atom. The van der Waals surface area contributed by atoms with Crippen LogP contribution in [0, 0.1) is 18.6 Å². The van der Waals surface area contributed by atoms with Crippen LogP contribution < -0.4 is 5.32 Å². The van der Waals surface area contributed by atoms with Gasteiger partial charge in [0.15, 0.2) is 11.6 Å². The zero-order valence-corrected chi connectivity index (χ0v) is 20.7. The first-order valence-corrected chi connectivity index (χ1v) is 11.8. The molecule has 0 fully saturated rings. The molecule has 5 rings (SSSR count). The van der Waals surface area contributed by atoms with Crippen LogP contribution in [0.1, 0.15) is 44.8 Å². The highest BCUT2D eigenvalue weighted by Crippen LogP contribution is 2.32. The number of nitrogens with one attached hydrogen (secondary N) is 1. The first kappa shape index (κ1) is 23.3. The summed E-state index contributed by atoms with van der Waals surface area (Å²) in [6.45, 7) is 12.9. The number of pyridine rings is 1. The molecule has 0 amide bonds. The highest BCUT2D eigenvalue weighted by molar-refractivity contribution is 5.83. The number of hydrogen-bond acceptors (Lipinski definition) is 6. The standard InChI is InChI=1S/C26H29F2N7/c1-6-34-10-9-20-16(14-34)7-8-22(31-20)32-25-29-13-19(28)23(33-25)17-11-18(27)24-21(12-17)35(15(2)30-24)26(3,4)5/h7-8,11-13H,6,9-10,14H2,1-5H3,(H,29,31,32,33). The Morgan fingerprint density at radius 2 is 1.86 bits per heavy atom. The van der Waals surface area contributed by atoms with E-state index in [9.17, 15) is 4.39 Å². The predicted molar refractivity (Wildman–Crippen MR) is 133 cm³/mol. The van der Waals surface area contributed by atoms with Crippen molar-refractivity contribution in [3.8, 4) is 11.3 Å². The Labute approximate surface area is 203 Å². The second-order valence-corrected chi connectivity index (χ2v) is 9.93. The molecule has 1 N–H and O–H groups in total. The summed E-state index contributed by atoms with van der Waals surface area (Å²) in [5.41, 5.74) is 3.11. The third-order valence-corrected chi connectivity index (χ3v) is 6.38. The van der Waals surface area contributed by atoms with E-state index in [-0.39, 0.29) is 22.7 Å². The van der Waals surface area contributed by atoms with Gasteiger partial charge in [-0.1, -0.05) is 13.0 Å². The van der Waals surface area contributed by atoms with Gasteiger partial charge in [-0.25, -0.2) is 28.7 Å². The molecule has 1 aliphatic rings. The smallest absolute Gasteiger partial charge is 0.229 e. The molecule has 0 saturated heterocycles. The Kier molecular flexibility index (Phi) is 5.75. The molecule has 0 unspecified atom stereocenters. The molecule has 9 heteroatoms. The van der Waals surface area contributed by atoms with E-state index in [1.807, 2.05) is 38.3 Å². The molecule has 182 valence electrons. The molecule has 0 radical (unpaired) electrons. The largest absolute Gasteiger partial charge is 0.323 e. The minimum absolute atomic E-state index is 0.0131. The van der Waals surface area contributed by atoms with E-state index in [1.165, 1.54) is 11.6 Å². The van der Waals surface area contributed by atoms with Gasteiger partial charge >= 0.3 is 0 Å². The van der Waals surface area contributed by atoms with Crippen LogP contribution in [0.3, 0.4) is 0 Å². The molecule has 35 heavy (non-hydrogen) atoms. The maximum Gasteiger partial charge on any atom is 0.229 e. The third kappa shape index (κ3) is 4.36. The first-order valence-electron chi connectivity index (χ1n) is 11.8. The summed E-state index contributed by atoms with van der Waals surface area (Å²) in [6.07, 6.45) is 1.96. The van der Waals surface area contributed by atoms with Crippen molar-refractivity contribution in [1.82, 2.24) is 29.4 Å². The van der Waals surface area contributed by atoms with Crippen LogP contribution in [-0.4, -0.2) is 42.5 Å². The van der Waals surface area contributed by atoms with Gasteiger partial charge < -0.3 is 9.88 Å². The van der Waals surface area contributed by atoms with E-state index < -0.39 is 11.6 Å². The number of aromatic nitrogens is 5. The number of benzene rings is 1. The van der Waals surface area contributed by atoms with Gasteiger partial charge in [0, 0.05) is 36.3 Å². The summed E-state index contributed by atoms with van der Waals surface area (Å²) in [7, 11) is 0. The van der Waals surface area contributed by atoms with Crippen LogP contribution in [0.4, 0.5) is 20.5 Å². The van der Waals surface area contributed by atoms with E-state index in [1.54, 1.807) is 6.07 Å². The quantitative estimate of drug-likeness (QED) is 0.427. The molecule has 0 atom stereocenters. The van der Waals surface area contributed by atoms with Gasteiger partial charge in [0.2, 0.25) is 5.95 Å². The molecule has 0 bridgehead atoms. The van der Waals surface area contributed by atoms with E-state index in [0.29, 0.717) is 22.7 Å². The van der Waals surface area contributed by atoms with Gasteiger partial charge in [-0.3, -0.25) is 4.90 Å². The number of imidazole rings is 1. The fourth-order valence-corrected chi connectivity index (χ4v) is 4.79. The second kappa shape index (κ2) is 8.64. The van der Waals surface area contributed by atoms with Crippen LogP contribution >= 0.6 is 0 Å². The molecule has 0 saturated carbocycles. The van der Waals surface area contributed by atoms with Gasteiger partial charge in [0.1, 0.15) is 22.9 Å². The Hall–Kier alpha value is -3.46. The number of aryl methyl sites for hydroxylation is 1. The number of nitrogens with zero attached hydrogens (tertiary/aromatic N) is 6. The average molecular weight is 478 g/mol. The predicted octanol–water partition coefficient (Wildman–Crippen LogP) is 5.35. The third-order valence-electron chi connectivity index (χ3n) is 6.38. The minimum Gasteiger partial charge on any atom is -0.323 e. The summed E-state index contributed by atoms with van der Waals surface area (Å²) in [5.74, 6) is 0.323. The van der Waals surface area contributed by atoms with Crippen LogP contribution in [0.15, 0.2) is 30.5 Å². The van der Waals surface area contributed by atoms with Gasteiger partial charge in [0.05, 0.1) is 11.7 Å². The summed E-state index contributed by atoms with van der Waals surface area (Å²) in [5, 5.41) is 3.08. The Balaban J connectivity index is 1.51. The van der Waals surface area contributed by atoms with Crippen molar-refractivity contribution < 1.29 is 8.78 Å². The summed E-state index contributed by atoms with van der Waals surface area (Å²) in [4.78, 5) is 19.9. The Bertz CT molecular complexity index is 1420. The maximum absolute atomic E-state index is 15.0. The molecule has 0 aliphatic carbocycles. The number of anilines is 2. The minimum atomic E-state index is -0.633. The molecule has 4 aromatic rings. The second-order valence-electron chi connectivity index (χ2n) is 9.93. The first-order chi connectivity index (χ1) is 16.6. The zero-order chi connectivity index (χ0) is 24.9. The summed E-state index contributed by atoms with van der Waals surface area (Å²) < 4.78 is 31.8. The number of fused-ring (bicyclic) bond motifs is 2. The summed E-state index contributed by atoms with van der Waals surface area (Å²) >= 11 is 0. The lowest BCUT2D eigenvalue weighted by Crippen LogP contribution is -2.30. The number of hydrogen-bond donors (Lipinski definition) is 1. The van der Waals surface area contributed by atoms with Crippen molar-refractivity contribution in [3.63, 3.8) is 0 Å². The lowest BCUT2D eigenvalue weighted by Gasteiger charge is -2.27. The van der Waals surface area contributed by atoms with E-state index >= 15 is 4.39 Å². The van der Waals surface area contributed by atoms with Crippen molar-refractivity contribution in [2.45, 2.75) is 53.1 Å². The van der Waals surface area contributed by atoms with Gasteiger partial charge in [-0.15, -0.1) is 0 Å². The van der Waals surface area contributed by atoms with Gasteiger partial charge in [0.25, 0.3) is 0 Å². The fourth-order valence-electron chi connectivity index (χ4n) is 4.79. The number of rotatable bonds is 4. The van der Waals surface area contributed by atoms with Gasteiger partial charge in [-0.2, -0.15) is 0 Å². The lowest BCUT2D eigenvalue weighted by molar-refractivity contribution is 0.266. The van der Waals surface area contributed by atoms with E-state index in [2.05, 4.69) is 38.2 Å².